The second kappa shape index (κ2) is 6.62. The van der Waals surface area contributed by atoms with Gasteiger partial charge in [0.05, 0.1) is 5.71 Å². The highest BCUT2D eigenvalue weighted by Gasteiger charge is 2.07. The largest absolute Gasteiger partial charge is 0.270 e. The van der Waals surface area contributed by atoms with Crippen molar-refractivity contribution >= 4 is 11.6 Å². The smallest absolute Gasteiger partial charge is 0.267 e. The molecule has 0 atom stereocenters. The van der Waals surface area contributed by atoms with Gasteiger partial charge in [0, 0.05) is 17.2 Å². The molecule has 0 unspecified atom stereocenters. The maximum atomic E-state index is 11.9. The zero-order chi connectivity index (χ0) is 14.4. The van der Waals surface area contributed by atoms with Gasteiger partial charge in [-0.3, -0.25) is 4.79 Å². The van der Waals surface area contributed by atoms with Crippen LogP contribution in [0.2, 0.25) is 0 Å². The predicted molar refractivity (Wildman–Crippen MR) is 83.0 cm³/mol. The predicted octanol–water partition coefficient (Wildman–Crippen LogP) is 4.02. The first kappa shape index (κ1) is 13.9. The van der Waals surface area contributed by atoms with Crippen molar-refractivity contribution in [2.45, 2.75) is 13.8 Å². The highest BCUT2D eigenvalue weighted by Crippen LogP contribution is 2.11. The minimum Gasteiger partial charge on any atom is -0.267 e. The Kier molecular flexibility index (Phi) is 4.61. The molecule has 2 heteroatoms. The maximum Gasteiger partial charge on any atom is 0.270 e. The van der Waals surface area contributed by atoms with Gasteiger partial charge in [-0.25, -0.2) is 4.99 Å². The molecule has 0 aliphatic carbocycles. The molecule has 2 aromatic rings. The van der Waals surface area contributed by atoms with E-state index in [0.717, 1.165) is 16.7 Å². The van der Waals surface area contributed by atoms with Gasteiger partial charge in [0.2, 0.25) is 0 Å². The summed E-state index contributed by atoms with van der Waals surface area (Å²) in [6, 6.07) is 19.5. The average Bonchev–Trinajstić information content (AvgIpc) is 2.46. The van der Waals surface area contributed by atoms with Gasteiger partial charge in [0.15, 0.2) is 0 Å². The molecule has 0 spiro atoms. The minimum absolute atomic E-state index is 0.229. The molecule has 0 aliphatic heterocycles. The third-order valence-corrected chi connectivity index (χ3v) is 2.73. The molecular formula is C18H17NO. The number of aliphatic imine (C=N–C) groups is 1. The van der Waals surface area contributed by atoms with E-state index < -0.39 is 0 Å². The summed E-state index contributed by atoms with van der Waals surface area (Å²) in [6.07, 6.45) is 1.55. The fourth-order valence-electron chi connectivity index (χ4n) is 1.88. The van der Waals surface area contributed by atoms with Crippen LogP contribution in [-0.2, 0) is 4.79 Å². The van der Waals surface area contributed by atoms with Crippen molar-refractivity contribution < 1.29 is 4.79 Å². The van der Waals surface area contributed by atoms with Crippen LogP contribution in [0.15, 0.2) is 77.3 Å². The number of nitrogens with zero attached hydrogens (tertiary/aromatic N) is 1. The molecular weight excluding hydrogens is 246 g/mol. The van der Waals surface area contributed by atoms with Crippen LogP contribution in [0.5, 0.6) is 0 Å². The molecule has 0 aliphatic rings. The van der Waals surface area contributed by atoms with Gasteiger partial charge in [-0.05, 0) is 13.8 Å². The zero-order valence-corrected chi connectivity index (χ0v) is 11.7. The third-order valence-electron chi connectivity index (χ3n) is 2.73. The lowest BCUT2D eigenvalue weighted by Crippen LogP contribution is -2.06. The van der Waals surface area contributed by atoms with Gasteiger partial charge < -0.3 is 0 Å². The minimum atomic E-state index is -0.229. The summed E-state index contributed by atoms with van der Waals surface area (Å²) in [4.78, 5) is 16.2. The Morgan fingerprint density at radius 1 is 0.850 bits per heavy atom. The molecule has 0 radical (unpaired) electrons. The molecule has 0 aromatic heterocycles. The van der Waals surface area contributed by atoms with E-state index in [9.17, 15) is 4.79 Å². The number of allylic oxidation sites excluding steroid dienone is 1. The second-order valence-corrected chi connectivity index (χ2v) is 4.75. The van der Waals surface area contributed by atoms with Crippen LogP contribution in [0, 0.1) is 0 Å². The van der Waals surface area contributed by atoms with Gasteiger partial charge in [-0.1, -0.05) is 66.2 Å². The molecule has 2 nitrogen and oxygen atoms in total. The van der Waals surface area contributed by atoms with Gasteiger partial charge in [-0.2, -0.15) is 0 Å². The van der Waals surface area contributed by atoms with E-state index in [2.05, 4.69) is 4.99 Å². The van der Waals surface area contributed by atoms with Gasteiger partial charge in [0.25, 0.3) is 5.91 Å². The third kappa shape index (κ3) is 3.75. The topological polar surface area (TPSA) is 29.4 Å². The van der Waals surface area contributed by atoms with Gasteiger partial charge in [-0.15, -0.1) is 0 Å². The molecule has 2 rings (SSSR count). The van der Waals surface area contributed by atoms with Crippen LogP contribution in [0.25, 0.3) is 0 Å². The molecule has 0 saturated heterocycles. The number of carbonyl (C=O) groups excluding carboxylic acids is 1. The average molecular weight is 263 g/mol. The van der Waals surface area contributed by atoms with Crippen LogP contribution in [0.1, 0.15) is 25.0 Å². The summed E-state index contributed by atoms with van der Waals surface area (Å²) >= 11 is 0. The fourth-order valence-corrected chi connectivity index (χ4v) is 1.88. The Bertz CT molecular complexity index is 594. The number of hydrogen-bond donors (Lipinski definition) is 0. The molecule has 1 amide bonds. The van der Waals surface area contributed by atoms with Crippen LogP contribution in [0.4, 0.5) is 0 Å². The number of benzene rings is 2. The van der Waals surface area contributed by atoms with Crippen molar-refractivity contribution in [2.24, 2.45) is 4.99 Å². The van der Waals surface area contributed by atoms with E-state index in [1.807, 2.05) is 74.5 Å². The lowest BCUT2D eigenvalue weighted by molar-refractivity contribution is -0.113. The molecule has 100 valence electrons. The molecule has 0 heterocycles. The molecule has 0 bridgehead atoms. The Morgan fingerprint density at radius 3 is 1.70 bits per heavy atom. The summed E-state index contributed by atoms with van der Waals surface area (Å²) in [5, 5.41) is 0. The van der Waals surface area contributed by atoms with Crippen LogP contribution in [0.3, 0.4) is 0 Å². The molecule has 0 saturated carbocycles. The fraction of sp³-hybridized carbons (Fsp3) is 0.111. The molecule has 0 N–H and O–H groups in total. The van der Waals surface area contributed by atoms with Gasteiger partial charge in [0.1, 0.15) is 0 Å². The SMILES string of the molecule is CC(C)=CC(=O)N=C(c1ccccc1)c1ccccc1. The van der Waals surface area contributed by atoms with E-state index in [0.29, 0.717) is 5.71 Å². The Balaban J connectivity index is 2.48. The quantitative estimate of drug-likeness (QED) is 0.607. The standard InChI is InChI=1S/C18H17NO/c1-14(2)13-17(20)19-18(15-9-5-3-6-10-15)16-11-7-4-8-12-16/h3-13H,1-2H3. The number of rotatable bonds is 3. The summed E-state index contributed by atoms with van der Waals surface area (Å²) in [5.41, 5.74) is 3.52. The molecule has 0 fully saturated rings. The normalized spacial score (nSPS) is 9.70. The van der Waals surface area contributed by atoms with E-state index in [4.69, 9.17) is 0 Å². The summed E-state index contributed by atoms with van der Waals surface area (Å²) in [5.74, 6) is -0.229. The van der Waals surface area contributed by atoms with Gasteiger partial charge >= 0.3 is 0 Å². The maximum absolute atomic E-state index is 11.9. The van der Waals surface area contributed by atoms with E-state index in [-0.39, 0.29) is 5.91 Å². The molecule has 20 heavy (non-hydrogen) atoms. The van der Waals surface area contributed by atoms with E-state index in [1.54, 1.807) is 6.08 Å². The van der Waals surface area contributed by atoms with Crippen molar-refractivity contribution in [3.05, 3.63) is 83.4 Å². The monoisotopic (exact) mass is 263 g/mol. The van der Waals surface area contributed by atoms with Crippen molar-refractivity contribution in [3.8, 4) is 0 Å². The second-order valence-electron chi connectivity index (χ2n) is 4.75. The van der Waals surface area contributed by atoms with Crippen molar-refractivity contribution in [1.82, 2.24) is 0 Å². The first-order chi connectivity index (χ1) is 9.66. The summed E-state index contributed by atoms with van der Waals surface area (Å²) in [6.45, 7) is 3.77. The summed E-state index contributed by atoms with van der Waals surface area (Å²) < 4.78 is 0. The van der Waals surface area contributed by atoms with Crippen LogP contribution in [-0.4, -0.2) is 11.6 Å². The van der Waals surface area contributed by atoms with Crippen LogP contribution >= 0.6 is 0 Å². The Labute approximate surface area is 119 Å². The lowest BCUT2D eigenvalue weighted by atomic mass is 10.0. The zero-order valence-electron chi connectivity index (χ0n) is 11.7. The van der Waals surface area contributed by atoms with E-state index >= 15 is 0 Å². The highest BCUT2D eigenvalue weighted by atomic mass is 16.1. The van der Waals surface area contributed by atoms with Crippen molar-refractivity contribution in [2.75, 3.05) is 0 Å². The molecule has 2 aromatic carbocycles. The summed E-state index contributed by atoms with van der Waals surface area (Å²) in [7, 11) is 0. The number of hydrogen-bond acceptors (Lipinski definition) is 1. The lowest BCUT2D eigenvalue weighted by Gasteiger charge is -2.06. The van der Waals surface area contributed by atoms with E-state index in [1.165, 1.54) is 0 Å². The number of carbonyl (C=O) groups is 1. The first-order valence-electron chi connectivity index (χ1n) is 6.55. The highest BCUT2D eigenvalue weighted by molar-refractivity contribution is 6.17. The Morgan fingerprint density at radius 2 is 1.30 bits per heavy atom. The number of amides is 1. The van der Waals surface area contributed by atoms with Crippen molar-refractivity contribution in [1.29, 1.82) is 0 Å². The Hall–Kier alpha value is -2.48. The first-order valence-corrected chi connectivity index (χ1v) is 6.55. The van der Waals surface area contributed by atoms with Crippen molar-refractivity contribution in [3.63, 3.8) is 0 Å². The van der Waals surface area contributed by atoms with Crippen LogP contribution < -0.4 is 0 Å².